The van der Waals surface area contributed by atoms with Crippen LogP contribution in [0, 0.1) is 13.8 Å². The summed E-state index contributed by atoms with van der Waals surface area (Å²) in [5, 5.41) is 11.9. The molecule has 11 heteroatoms. The van der Waals surface area contributed by atoms with Gasteiger partial charge < -0.3 is 5.32 Å². The lowest BCUT2D eigenvalue weighted by atomic mass is 10.1. The second-order valence-electron chi connectivity index (χ2n) is 8.78. The Kier molecular flexibility index (Phi) is 5.79. The van der Waals surface area contributed by atoms with Crippen molar-refractivity contribution in [3.8, 4) is 0 Å². The summed E-state index contributed by atoms with van der Waals surface area (Å²) in [7, 11) is 0. The number of fused-ring (bicyclic) bond motifs is 1. The van der Waals surface area contributed by atoms with Gasteiger partial charge in [-0.2, -0.15) is 23.4 Å². The normalized spacial score (nSPS) is 14.0. The molecule has 1 aliphatic carbocycles. The van der Waals surface area contributed by atoms with E-state index in [1.807, 2.05) is 25.1 Å². The summed E-state index contributed by atoms with van der Waals surface area (Å²) in [4.78, 5) is 17.2. The molecule has 182 valence electrons. The molecule has 1 fully saturated rings. The Hall–Kier alpha value is -3.40. The molecule has 0 atom stereocenters. The van der Waals surface area contributed by atoms with E-state index >= 15 is 0 Å². The number of halogens is 4. The summed E-state index contributed by atoms with van der Waals surface area (Å²) in [5.74, 6) is -0.123. The van der Waals surface area contributed by atoms with E-state index in [1.165, 1.54) is 11.6 Å². The molecule has 7 nitrogen and oxygen atoms in total. The fraction of sp³-hybridized carbons (Fsp3) is 0.333. The van der Waals surface area contributed by atoms with Crippen LogP contribution in [0.5, 0.6) is 0 Å². The number of carbonyl (C=O) groups excluding carboxylic acids is 1. The Morgan fingerprint density at radius 2 is 1.89 bits per heavy atom. The number of aryl methyl sites for hydroxylation is 2. The number of amides is 1. The van der Waals surface area contributed by atoms with Crippen molar-refractivity contribution < 1.29 is 18.0 Å². The van der Waals surface area contributed by atoms with E-state index in [4.69, 9.17) is 11.6 Å². The monoisotopic (exact) mass is 502 g/mol. The fourth-order valence-electron chi connectivity index (χ4n) is 4.13. The first-order chi connectivity index (χ1) is 16.6. The number of pyridine rings is 1. The smallest absolute Gasteiger partial charge is 0.308 e. The molecule has 35 heavy (non-hydrogen) atoms. The molecule has 4 aromatic rings. The summed E-state index contributed by atoms with van der Waals surface area (Å²) in [5.41, 5.74) is 1.56. The van der Waals surface area contributed by atoms with Crippen LogP contribution < -0.4 is 5.32 Å². The SMILES string of the molecule is Cc1nn(CC(=O)Nc2cc(C)n(Cc3ccccc3Cl)n2)c2nc(C3CC3)cc(C(F)(F)F)c12. The molecule has 1 aliphatic rings. The van der Waals surface area contributed by atoms with Gasteiger partial charge in [0, 0.05) is 28.4 Å². The van der Waals surface area contributed by atoms with Crippen LogP contribution in [-0.4, -0.2) is 30.5 Å². The van der Waals surface area contributed by atoms with Gasteiger partial charge in [-0.1, -0.05) is 29.8 Å². The maximum Gasteiger partial charge on any atom is 0.417 e. The van der Waals surface area contributed by atoms with Gasteiger partial charge in [0.25, 0.3) is 0 Å². The molecule has 0 bridgehead atoms. The second-order valence-corrected chi connectivity index (χ2v) is 9.18. The average molecular weight is 503 g/mol. The van der Waals surface area contributed by atoms with Crippen LogP contribution in [0.3, 0.4) is 0 Å². The molecule has 3 aromatic heterocycles. The van der Waals surface area contributed by atoms with Crippen molar-refractivity contribution in [1.82, 2.24) is 24.5 Å². The van der Waals surface area contributed by atoms with Gasteiger partial charge in [-0.15, -0.1) is 0 Å². The first kappa shape index (κ1) is 23.3. The largest absolute Gasteiger partial charge is 0.417 e. The minimum absolute atomic E-state index is 0.0167. The third kappa shape index (κ3) is 4.75. The number of rotatable bonds is 6. The van der Waals surface area contributed by atoms with Crippen LogP contribution in [-0.2, 0) is 24.1 Å². The molecule has 5 rings (SSSR count). The quantitative estimate of drug-likeness (QED) is 0.378. The number of hydrogen-bond donors (Lipinski definition) is 1. The number of benzene rings is 1. The van der Waals surface area contributed by atoms with Crippen LogP contribution in [0.2, 0.25) is 5.02 Å². The molecule has 0 spiro atoms. The lowest BCUT2D eigenvalue weighted by molar-refractivity contribution is -0.136. The Morgan fingerprint density at radius 1 is 1.14 bits per heavy atom. The topological polar surface area (TPSA) is 77.6 Å². The van der Waals surface area contributed by atoms with E-state index in [0.29, 0.717) is 23.1 Å². The fourth-order valence-corrected chi connectivity index (χ4v) is 4.33. The zero-order valence-electron chi connectivity index (χ0n) is 19.0. The van der Waals surface area contributed by atoms with Gasteiger partial charge >= 0.3 is 6.18 Å². The minimum atomic E-state index is -4.54. The maximum absolute atomic E-state index is 13.8. The number of aromatic nitrogens is 5. The molecule has 1 aromatic carbocycles. The number of hydrogen-bond acceptors (Lipinski definition) is 4. The number of carbonyl (C=O) groups is 1. The third-order valence-corrected chi connectivity index (χ3v) is 6.39. The summed E-state index contributed by atoms with van der Waals surface area (Å²) >= 11 is 6.23. The zero-order chi connectivity index (χ0) is 24.9. The molecule has 0 unspecified atom stereocenters. The summed E-state index contributed by atoms with van der Waals surface area (Å²) < 4.78 is 44.3. The number of alkyl halides is 3. The molecular formula is C24H22ClF3N6O. The van der Waals surface area contributed by atoms with E-state index in [0.717, 1.165) is 30.2 Å². The average Bonchev–Trinajstić information content (AvgIpc) is 3.52. The van der Waals surface area contributed by atoms with Crippen molar-refractivity contribution in [1.29, 1.82) is 0 Å². The van der Waals surface area contributed by atoms with E-state index in [1.54, 1.807) is 16.8 Å². The molecule has 0 saturated heterocycles. The molecular weight excluding hydrogens is 481 g/mol. The van der Waals surface area contributed by atoms with Gasteiger partial charge in [0.15, 0.2) is 11.5 Å². The molecule has 3 heterocycles. The van der Waals surface area contributed by atoms with E-state index in [-0.39, 0.29) is 29.2 Å². The highest BCUT2D eigenvalue weighted by Crippen LogP contribution is 2.43. The highest BCUT2D eigenvalue weighted by atomic mass is 35.5. The number of anilines is 1. The lowest BCUT2D eigenvalue weighted by Crippen LogP contribution is -2.20. The van der Waals surface area contributed by atoms with Gasteiger partial charge in [-0.3, -0.25) is 9.48 Å². The number of nitrogens with zero attached hydrogens (tertiary/aromatic N) is 5. The van der Waals surface area contributed by atoms with Crippen molar-refractivity contribution in [2.24, 2.45) is 0 Å². The second kappa shape index (κ2) is 8.67. The predicted octanol–water partition coefficient (Wildman–Crippen LogP) is 5.48. The van der Waals surface area contributed by atoms with Gasteiger partial charge in [0.1, 0.15) is 6.54 Å². The highest BCUT2D eigenvalue weighted by Gasteiger charge is 2.37. The van der Waals surface area contributed by atoms with Crippen LogP contribution in [0.4, 0.5) is 19.0 Å². The van der Waals surface area contributed by atoms with E-state index in [9.17, 15) is 18.0 Å². The summed E-state index contributed by atoms with van der Waals surface area (Å²) in [6, 6.07) is 10.2. The van der Waals surface area contributed by atoms with E-state index in [2.05, 4.69) is 20.5 Å². The molecule has 1 saturated carbocycles. The maximum atomic E-state index is 13.8. The minimum Gasteiger partial charge on any atom is -0.308 e. The van der Waals surface area contributed by atoms with Gasteiger partial charge in [-0.25, -0.2) is 9.67 Å². The van der Waals surface area contributed by atoms with Crippen molar-refractivity contribution in [2.45, 2.75) is 51.9 Å². The van der Waals surface area contributed by atoms with Crippen LogP contribution in [0.25, 0.3) is 11.0 Å². The van der Waals surface area contributed by atoms with Gasteiger partial charge in [-0.05, 0) is 44.4 Å². The Labute approximate surface area is 203 Å². The van der Waals surface area contributed by atoms with Gasteiger partial charge in [0.2, 0.25) is 5.91 Å². The van der Waals surface area contributed by atoms with E-state index < -0.39 is 17.6 Å². The molecule has 0 radical (unpaired) electrons. The van der Waals surface area contributed by atoms with Crippen molar-refractivity contribution in [3.05, 3.63) is 69.6 Å². The summed E-state index contributed by atoms with van der Waals surface area (Å²) in [6.07, 6.45) is -2.93. The Balaban J connectivity index is 1.39. The first-order valence-corrected chi connectivity index (χ1v) is 11.5. The molecule has 0 aliphatic heterocycles. The molecule has 1 amide bonds. The standard InChI is InChI=1S/C24H22ClF3N6O/c1-13-9-20(32-33(13)11-16-5-3-4-6-18(16)25)30-21(35)12-34-23-22(14(2)31-34)17(24(26,27)28)10-19(29-23)15-7-8-15/h3-6,9-10,15H,7-8,11-12H2,1-2H3,(H,30,32,35). The van der Waals surface area contributed by atoms with Crippen molar-refractivity contribution in [2.75, 3.05) is 5.32 Å². The highest BCUT2D eigenvalue weighted by molar-refractivity contribution is 6.31. The Morgan fingerprint density at radius 3 is 2.57 bits per heavy atom. The Bertz CT molecular complexity index is 1440. The van der Waals surface area contributed by atoms with Crippen LogP contribution in [0.1, 0.15) is 47.0 Å². The summed E-state index contributed by atoms with van der Waals surface area (Å²) in [6.45, 7) is 3.48. The van der Waals surface area contributed by atoms with Crippen molar-refractivity contribution in [3.63, 3.8) is 0 Å². The van der Waals surface area contributed by atoms with Crippen LogP contribution >= 0.6 is 11.6 Å². The number of nitrogens with one attached hydrogen (secondary N) is 1. The first-order valence-electron chi connectivity index (χ1n) is 11.1. The van der Waals surface area contributed by atoms with Crippen molar-refractivity contribution >= 4 is 34.4 Å². The van der Waals surface area contributed by atoms with Crippen LogP contribution in [0.15, 0.2) is 36.4 Å². The zero-order valence-corrected chi connectivity index (χ0v) is 19.8. The lowest BCUT2D eigenvalue weighted by Gasteiger charge is -2.11. The predicted molar refractivity (Wildman–Crippen MR) is 125 cm³/mol. The van der Waals surface area contributed by atoms with Gasteiger partial charge in [0.05, 0.1) is 23.2 Å². The molecule has 1 N–H and O–H groups in total. The third-order valence-electron chi connectivity index (χ3n) is 6.02.